The van der Waals surface area contributed by atoms with E-state index in [2.05, 4.69) is 15.6 Å². The lowest BCUT2D eigenvalue weighted by Crippen LogP contribution is -2.44. The van der Waals surface area contributed by atoms with Crippen molar-refractivity contribution in [3.8, 4) is 0 Å². The first-order valence-corrected chi connectivity index (χ1v) is 8.33. The van der Waals surface area contributed by atoms with Crippen LogP contribution < -0.4 is 16.4 Å². The van der Waals surface area contributed by atoms with E-state index in [1.165, 1.54) is 36.0 Å². The molecule has 0 saturated carbocycles. The van der Waals surface area contributed by atoms with E-state index in [9.17, 15) is 14.0 Å². The molecule has 2 aromatic rings. The maximum absolute atomic E-state index is 13.0. The standard InChI is InChI=1S/C17H15FN4O2S/c18-11-8-6-10(7-9-11)15(24)22-16-13(14(19)23)21-17(25-16)20-12-4-2-1-3-5-12/h1-9,13,16H,(H2,19,23)(H,20,21)(H,22,24). The highest BCUT2D eigenvalue weighted by atomic mass is 32.2. The number of nitrogens with two attached hydrogens (primary N) is 1. The summed E-state index contributed by atoms with van der Waals surface area (Å²) in [5.41, 5.74) is 6.48. The molecule has 0 saturated heterocycles. The van der Waals surface area contributed by atoms with Crippen molar-refractivity contribution in [1.82, 2.24) is 5.32 Å². The molecule has 25 heavy (non-hydrogen) atoms. The van der Waals surface area contributed by atoms with E-state index in [1.807, 2.05) is 30.3 Å². The Morgan fingerprint density at radius 1 is 1.08 bits per heavy atom. The van der Waals surface area contributed by atoms with E-state index in [1.54, 1.807) is 0 Å². The number of hydrogen-bond donors (Lipinski definition) is 3. The van der Waals surface area contributed by atoms with Crippen molar-refractivity contribution >= 4 is 34.4 Å². The normalized spacial score (nSPS) is 19.2. The highest BCUT2D eigenvalue weighted by molar-refractivity contribution is 8.15. The van der Waals surface area contributed by atoms with Crippen molar-refractivity contribution in [2.45, 2.75) is 11.4 Å². The van der Waals surface area contributed by atoms with Crippen LogP contribution in [0.5, 0.6) is 0 Å². The smallest absolute Gasteiger partial charge is 0.252 e. The van der Waals surface area contributed by atoms with E-state index in [0.29, 0.717) is 5.17 Å². The largest absolute Gasteiger partial charge is 0.368 e. The second kappa shape index (κ2) is 7.35. The second-order valence-corrected chi connectivity index (χ2v) is 6.42. The number of rotatable bonds is 4. The number of primary amides is 1. The van der Waals surface area contributed by atoms with E-state index in [4.69, 9.17) is 5.73 Å². The lowest BCUT2D eigenvalue weighted by atomic mass is 10.2. The van der Waals surface area contributed by atoms with Gasteiger partial charge in [-0.15, -0.1) is 0 Å². The predicted octanol–water partition coefficient (Wildman–Crippen LogP) is 1.95. The van der Waals surface area contributed by atoms with Gasteiger partial charge in [0.05, 0.1) is 0 Å². The number of anilines is 1. The van der Waals surface area contributed by atoms with Gasteiger partial charge in [-0.25, -0.2) is 9.38 Å². The average Bonchev–Trinajstić information content (AvgIpc) is 2.99. The second-order valence-electron chi connectivity index (χ2n) is 5.29. The molecule has 1 aliphatic heterocycles. The summed E-state index contributed by atoms with van der Waals surface area (Å²) in [5.74, 6) is -1.50. The molecule has 1 aliphatic rings. The van der Waals surface area contributed by atoms with Gasteiger partial charge >= 0.3 is 0 Å². The van der Waals surface area contributed by atoms with E-state index in [-0.39, 0.29) is 5.56 Å². The molecule has 2 unspecified atom stereocenters. The van der Waals surface area contributed by atoms with Crippen LogP contribution in [0.3, 0.4) is 0 Å². The van der Waals surface area contributed by atoms with Gasteiger partial charge in [0.25, 0.3) is 5.91 Å². The minimum Gasteiger partial charge on any atom is -0.368 e. The molecule has 2 amide bonds. The summed E-state index contributed by atoms with van der Waals surface area (Å²) >= 11 is 1.20. The number of halogens is 1. The molecule has 3 rings (SSSR count). The monoisotopic (exact) mass is 358 g/mol. The van der Waals surface area contributed by atoms with Gasteiger partial charge in [-0.3, -0.25) is 9.59 Å². The van der Waals surface area contributed by atoms with Crippen molar-refractivity contribution in [1.29, 1.82) is 0 Å². The van der Waals surface area contributed by atoms with Crippen LogP contribution in [0.25, 0.3) is 0 Å². The van der Waals surface area contributed by atoms with Crippen molar-refractivity contribution < 1.29 is 14.0 Å². The van der Waals surface area contributed by atoms with Gasteiger partial charge < -0.3 is 16.4 Å². The molecule has 128 valence electrons. The Morgan fingerprint density at radius 2 is 1.76 bits per heavy atom. The molecule has 0 spiro atoms. The Balaban J connectivity index is 1.70. The molecule has 8 heteroatoms. The first kappa shape index (κ1) is 17.0. The molecule has 2 aromatic carbocycles. The molecular weight excluding hydrogens is 343 g/mol. The average molecular weight is 358 g/mol. The maximum Gasteiger partial charge on any atom is 0.252 e. The Hall–Kier alpha value is -2.87. The van der Waals surface area contributed by atoms with Gasteiger partial charge in [0, 0.05) is 11.3 Å². The third-order valence-electron chi connectivity index (χ3n) is 3.48. The number of para-hydroxylation sites is 1. The molecule has 1 heterocycles. The maximum atomic E-state index is 13.0. The zero-order valence-corrected chi connectivity index (χ0v) is 13.8. The van der Waals surface area contributed by atoms with Crippen LogP contribution in [0, 0.1) is 5.82 Å². The van der Waals surface area contributed by atoms with Crippen molar-refractivity contribution in [3.05, 3.63) is 66.0 Å². The highest BCUT2D eigenvalue weighted by Gasteiger charge is 2.35. The lowest BCUT2D eigenvalue weighted by molar-refractivity contribution is -0.119. The Kier molecular flexibility index (Phi) is 4.99. The summed E-state index contributed by atoms with van der Waals surface area (Å²) < 4.78 is 13.0. The van der Waals surface area contributed by atoms with Crippen LogP contribution in [0.1, 0.15) is 10.4 Å². The molecule has 0 radical (unpaired) electrons. The quantitative estimate of drug-likeness (QED) is 0.778. The van der Waals surface area contributed by atoms with Gasteiger partial charge in [-0.2, -0.15) is 0 Å². The molecule has 4 N–H and O–H groups in total. The first-order chi connectivity index (χ1) is 12.0. The highest BCUT2D eigenvalue weighted by Crippen LogP contribution is 2.26. The SMILES string of the molecule is NC(=O)C1N=C(Nc2ccccc2)SC1NC(=O)c1ccc(F)cc1. The first-order valence-electron chi connectivity index (χ1n) is 7.45. The molecule has 0 fully saturated rings. The Bertz CT molecular complexity index is 811. The Morgan fingerprint density at radius 3 is 2.40 bits per heavy atom. The number of hydrogen-bond acceptors (Lipinski definition) is 5. The summed E-state index contributed by atoms with van der Waals surface area (Å²) in [6.45, 7) is 0. The number of thioether (sulfide) groups is 1. The summed E-state index contributed by atoms with van der Waals surface area (Å²) in [6.07, 6.45) is 0. The fourth-order valence-electron chi connectivity index (χ4n) is 2.25. The summed E-state index contributed by atoms with van der Waals surface area (Å²) in [7, 11) is 0. The number of carbonyl (C=O) groups is 2. The minimum atomic E-state index is -0.888. The molecular formula is C17H15FN4O2S. The Labute approximate surface area is 147 Å². The van der Waals surface area contributed by atoms with Gasteiger partial charge in [0.1, 0.15) is 11.2 Å². The predicted molar refractivity (Wildman–Crippen MR) is 95.7 cm³/mol. The zero-order valence-electron chi connectivity index (χ0n) is 13.0. The molecule has 0 aliphatic carbocycles. The zero-order chi connectivity index (χ0) is 17.8. The summed E-state index contributed by atoms with van der Waals surface area (Å²) in [4.78, 5) is 28.2. The van der Waals surface area contributed by atoms with E-state index < -0.39 is 29.0 Å². The number of aliphatic imine (C=N–C) groups is 1. The fourth-order valence-corrected chi connectivity index (χ4v) is 3.33. The minimum absolute atomic E-state index is 0.287. The number of carbonyl (C=O) groups excluding carboxylic acids is 2. The molecule has 6 nitrogen and oxygen atoms in total. The van der Waals surface area contributed by atoms with Crippen molar-refractivity contribution in [3.63, 3.8) is 0 Å². The van der Waals surface area contributed by atoms with E-state index >= 15 is 0 Å². The number of amidine groups is 1. The van der Waals surface area contributed by atoms with Gasteiger partial charge in [0.2, 0.25) is 5.91 Å². The van der Waals surface area contributed by atoms with Crippen molar-refractivity contribution in [2.75, 3.05) is 5.32 Å². The van der Waals surface area contributed by atoms with Crippen LogP contribution in [0.15, 0.2) is 59.6 Å². The van der Waals surface area contributed by atoms with Crippen LogP contribution in [0.4, 0.5) is 10.1 Å². The van der Waals surface area contributed by atoms with Crippen LogP contribution in [-0.4, -0.2) is 28.4 Å². The molecule has 0 aromatic heterocycles. The van der Waals surface area contributed by atoms with E-state index in [0.717, 1.165) is 5.69 Å². The number of nitrogens with one attached hydrogen (secondary N) is 2. The third-order valence-corrected chi connectivity index (χ3v) is 4.54. The number of benzene rings is 2. The van der Waals surface area contributed by atoms with Crippen molar-refractivity contribution in [2.24, 2.45) is 10.7 Å². The molecule has 2 atom stereocenters. The lowest BCUT2D eigenvalue weighted by Gasteiger charge is -2.16. The fraction of sp³-hybridized carbons (Fsp3) is 0.118. The van der Waals surface area contributed by atoms with Gasteiger partial charge in [0.15, 0.2) is 11.2 Å². The molecule has 0 bridgehead atoms. The topological polar surface area (TPSA) is 96.6 Å². The van der Waals surface area contributed by atoms with Crippen LogP contribution in [0.2, 0.25) is 0 Å². The van der Waals surface area contributed by atoms with Gasteiger partial charge in [-0.1, -0.05) is 30.0 Å². The van der Waals surface area contributed by atoms with Crippen LogP contribution >= 0.6 is 11.8 Å². The van der Waals surface area contributed by atoms with Gasteiger partial charge in [-0.05, 0) is 36.4 Å². The number of nitrogens with zero attached hydrogens (tertiary/aromatic N) is 1. The van der Waals surface area contributed by atoms with Crippen LogP contribution in [-0.2, 0) is 4.79 Å². The summed E-state index contributed by atoms with van der Waals surface area (Å²) in [5, 5.41) is 5.64. The number of amides is 2. The summed E-state index contributed by atoms with van der Waals surface area (Å²) in [6, 6.07) is 13.6. The third kappa shape index (κ3) is 4.16.